The lowest BCUT2D eigenvalue weighted by atomic mass is 10.1. The first-order chi connectivity index (χ1) is 16.8. The zero-order valence-electron chi connectivity index (χ0n) is 20.1. The average molecular weight is 454 g/mol. The Morgan fingerprint density at radius 1 is 0.941 bits per heavy atom. The molecule has 2 atom stereocenters. The number of pyridine rings is 1. The summed E-state index contributed by atoms with van der Waals surface area (Å²) >= 11 is 0. The Morgan fingerprint density at radius 2 is 1.76 bits per heavy atom. The molecule has 0 saturated carbocycles. The van der Waals surface area contributed by atoms with Crippen molar-refractivity contribution in [2.45, 2.75) is 31.7 Å². The van der Waals surface area contributed by atoms with Crippen molar-refractivity contribution in [2.24, 2.45) is 5.92 Å². The molecule has 0 radical (unpaired) electrons. The molecule has 0 aliphatic carbocycles. The molecule has 5 heteroatoms. The second-order valence-electron chi connectivity index (χ2n) is 9.15. The van der Waals surface area contributed by atoms with E-state index in [1.165, 1.54) is 55.6 Å². The molecule has 3 aromatic rings. The van der Waals surface area contributed by atoms with Gasteiger partial charge in [0.1, 0.15) is 6.33 Å². The van der Waals surface area contributed by atoms with Gasteiger partial charge in [0.15, 0.2) is 0 Å². The molecule has 2 aliphatic rings. The van der Waals surface area contributed by atoms with Crippen LogP contribution in [0.3, 0.4) is 0 Å². The van der Waals surface area contributed by atoms with Gasteiger partial charge in [0.05, 0.1) is 0 Å². The van der Waals surface area contributed by atoms with Crippen molar-refractivity contribution in [1.29, 1.82) is 0 Å². The van der Waals surface area contributed by atoms with E-state index in [0.717, 1.165) is 12.0 Å². The summed E-state index contributed by atoms with van der Waals surface area (Å²) in [7, 11) is 2.17. The molecule has 2 fully saturated rings. The Labute approximate surface area is 203 Å². The Morgan fingerprint density at radius 3 is 2.50 bits per heavy atom. The lowest BCUT2D eigenvalue weighted by Crippen LogP contribution is -2.19. The van der Waals surface area contributed by atoms with Gasteiger partial charge in [0.25, 0.3) is 0 Å². The van der Waals surface area contributed by atoms with Gasteiger partial charge in [0, 0.05) is 48.5 Å². The third kappa shape index (κ3) is 7.72. The van der Waals surface area contributed by atoms with Crippen molar-refractivity contribution in [3.8, 4) is 11.1 Å². The molecule has 2 aromatic heterocycles. The summed E-state index contributed by atoms with van der Waals surface area (Å²) in [5, 5.41) is 3.51. The largest absolute Gasteiger partial charge is 0.314 e. The Bertz CT molecular complexity index is 1040. The van der Waals surface area contributed by atoms with Gasteiger partial charge in [0.2, 0.25) is 0 Å². The second-order valence-corrected chi connectivity index (χ2v) is 9.15. The first-order valence-corrected chi connectivity index (χ1v) is 12.3. The van der Waals surface area contributed by atoms with E-state index in [1.54, 1.807) is 6.33 Å². The summed E-state index contributed by atoms with van der Waals surface area (Å²) in [5.41, 5.74) is 4.64. The molecule has 2 aliphatic heterocycles. The van der Waals surface area contributed by atoms with E-state index < -0.39 is 0 Å². The summed E-state index contributed by atoms with van der Waals surface area (Å²) in [6, 6.07) is 13.3. The zero-order chi connectivity index (χ0) is 23.4. The molecule has 0 bridgehead atoms. The smallest absolute Gasteiger partial charge is 0.115 e. The van der Waals surface area contributed by atoms with Crippen LogP contribution in [0.25, 0.3) is 23.3 Å². The van der Waals surface area contributed by atoms with E-state index in [9.17, 15) is 0 Å². The summed E-state index contributed by atoms with van der Waals surface area (Å²) < 4.78 is 0. The number of hydrogen-bond donors (Lipinski definition) is 1. The zero-order valence-corrected chi connectivity index (χ0v) is 20.1. The minimum absolute atomic E-state index is 0.663. The minimum atomic E-state index is 0.663. The lowest BCUT2D eigenvalue weighted by Gasteiger charge is -2.05. The van der Waals surface area contributed by atoms with Crippen LogP contribution in [0.2, 0.25) is 0 Å². The van der Waals surface area contributed by atoms with E-state index in [4.69, 9.17) is 0 Å². The molecule has 1 N–H and O–H groups in total. The average Bonchev–Trinajstić information content (AvgIpc) is 3.56. The maximum absolute atomic E-state index is 4.34. The third-order valence-electron chi connectivity index (χ3n) is 6.33. The Hall–Kier alpha value is -3.15. The highest BCUT2D eigenvalue weighted by Crippen LogP contribution is 2.20. The third-order valence-corrected chi connectivity index (χ3v) is 6.33. The van der Waals surface area contributed by atoms with Crippen LogP contribution < -0.4 is 5.32 Å². The van der Waals surface area contributed by atoms with E-state index >= 15 is 0 Å². The molecule has 34 heavy (non-hydrogen) atoms. The second kappa shape index (κ2) is 12.9. The van der Waals surface area contributed by atoms with E-state index in [-0.39, 0.29) is 0 Å². The van der Waals surface area contributed by atoms with Crippen molar-refractivity contribution in [3.05, 3.63) is 90.8 Å². The molecule has 5 nitrogen and oxygen atoms in total. The quantitative estimate of drug-likeness (QED) is 0.546. The maximum atomic E-state index is 4.34. The summed E-state index contributed by atoms with van der Waals surface area (Å²) in [6.45, 7) is 3.55. The summed E-state index contributed by atoms with van der Waals surface area (Å²) in [5.74, 6) is 0.695. The predicted octanol–water partition coefficient (Wildman–Crippen LogP) is 5.35. The Balaban J connectivity index is 0.000000172. The Kier molecular flexibility index (Phi) is 9.12. The highest BCUT2D eigenvalue weighted by atomic mass is 15.1. The molecule has 2 unspecified atom stereocenters. The highest BCUT2D eigenvalue weighted by molar-refractivity contribution is 5.65. The van der Waals surface area contributed by atoms with Gasteiger partial charge in [-0.15, -0.1) is 0 Å². The predicted molar refractivity (Wildman–Crippen MR) is 141 cm³/mol. The van der Waals surface area contributed by atoms with Gasteiger partial charge in [-0.1, -0.05) is 54.6 Å². The molecular weight excluding hydrogens is 418 g/mol. The van der Waals surface area contributed by atoms with E-state index in [1.807, 2.05) is 30.9 Å². The van der Waals surface area contributed by atoms with Crippen LogP contribution in [0.4, 0.5) is 0 Å². The topological polar surface area (TPSA) is 53.9 Å². The highest BCUT2D eigenvalue weighted by Gasteiger charge is 2.16. The fraction of sp³-hybridized carbons (Fsp3) is 0.345. The summed E-state index contributed by atoms with van der Waals surface area (Å²) in [6.07, 6.45) is 22.9. The van der Waals surface area contributed by atoms with Gasteiger partial charge >= 0.3 is 0 Å². The first kappa shape index (κ1) is 24.0. The molecule has 0 amide bonds. The molecular formula is C29H35N5. The van der Waals surface area contributed by atoms with Gasteiger partial charge in [-0.05, 0) is 68.9 Å². The number of aromatic nitrogens is 3. The number of nitrogens with one attached hydrogen (secondary N) is 1. The number of rotatable bonds is 6. The van der Waals surface area contributed by atoms with E-state index in [2.05, 4.69) is 86.9 Å². The van der Waals surface area contributed by atoms with Crippen LogP contribution in [0.15, 0.2) is 79.7 Å². The van der Waals surface area contributed by atoms with Crippen LogP contribution in [0.5, 0.6) is 0 Å². The maximum Gasteiger partial charge on any atom is 0.115 e. The number of benzene rings is 1. The van der Waals surface area contributed by atoms with E-state index in [0.29, 0.717) is 12.0 Å². The first-order valence-electron chi connectivity index (χ1n) is 12.3. The standard InChI is InChI=1S/C18H20N2.C11H15N3/c1-2-7-16(8-3-1)17-12-15(13-19-14-17)6-4-9-18-10-5-11-20-18;1-14-5-4-10(8-14)2-3-11-6-12-9-13-7-11/h1-4,6-8,12-14,18,20H,5,9-11H2;2-3,6-7,9-10H,4-5,8H2,1H3. The normalized spacial score (nSPS) is 20.6. The van der Waals surface area contributed by atoms with Crippen molar-refractivity contribution >= 4 is 12.2 Å². The van der Waals surface area contributed by atoms with Gasteiger partial charge < -0.3 is 10.2 Å². The van der Waals surface area contributed by atoms with Crippen molar-refractivity contribution in [3.63, 3.8) is 0 Å². The van der Waals surface area contributed by atoms with Crippen LogP contribution in [-0.2, 0) is 0 Å². The van der Waals surface area contributed by atoms with Crippen LogP contribution in [0.1, 0.15) is 36.8 Å². The van der Waals surface area contributed by atoms with Crippen LogP contribution in [0, 0.1) is 5.92 Å². The van der Waals surface area contributed by atoms with Crippen molar-refractivity contribution in [1.82, 2.24) is 25.2 Å². The van der Waals surface area contributed by atoms with Crippen LogP contribution >= 0.6 is 0 Å². The molecule has 0 spiro atoms. The van der Waals surface area contributed by atoms with Gasteiger partial charge in [-0.2, -0.15) is 0 Å². The molecule has 2 saturated heterocycles. The van der Waals surface area contributed by atoms with Crippen molar-refractivity contribution in [2.75, 3.05) is 26.7 Å². The fourth-order valence-electron chi connectivity index (χ4n) is 4.43. The van der Waals surface area contributed by atoms with Crippen LogP contribution in [-0.4, -0.2) is 52.6 Å². The summed E-state index contributed by atoms with van der Waals surface area (Å²) in [4.78, 5) is 14.6. The van der Waals surface area contributed by atoms with Gasteiger partial charge in [-0.3, -0.25) is 4.98 Å². The SMILES string of the molecule is C(=Cc1cncc(-c2ccccc2)c1)CC1CCCN1.CN1CCC(C=Cc2cncnc2)C1. The molecule has 4 heterocycles. The monoisotopic (exact) mass is 453 g/mol. The molecule has 5 rings (SSSR count). The van der Waals surface area contributed by atoms with Gasteiger partial charge in [-0.25, -0.2) is 9.97 Å². The molecule has 1 aromatic carbocycles. The number of hydrogen-bond acceptors (Lipinski definition) is 5. The lowest BCUT2D eigenvalue weighted by molar-refractivity contribution is 0.408. The number of likely N-dealkylation sites (tertiary alicyclic amines) is 1. The number of nitrogens with zero attached hydrogens (tertiary/aromatic N) is 4. The van der Waals surface area contributed by atoms with Crippen molar-refractivity contribution < 1.29 is 0 Å². The minimum Gasteiger partial charge on any atom is -0.314 e. The molecule has 176 valence electrons. The fourth-order valence-corrected chi connectivity index (χ4v) is 4.43.